The predicted molar refractivity (Wildman–Crippen MR) is 86.7 cm³/mol. The molecule has 24 heavy (non-hydrogen) atoms. The molecule has 0 saturated carbocycles. The molecule has 0 atom stereocenters. The summed E-state index contributed by atoms with van der Waals surface area (Å²) in [5.41, 5.74) is 0.879. The molecule has 3 rings (SSSR count). The van der Waals surface area contributed by atoms with Gasteiger partial charge in [-0.25, -0.2) is 0 Å². The maximum Gasteiger partial charge on any atom is 0.254 e. The summed E-state index contributed by atoms with van der Waals surface area (Å²) in [4.78, 5) is 35.0. The van der Waals surface area contributed by atoms with Crippen LogP contribution in [0.25, 0.3) is 0 Å². The van der Waals surface area contributed by atoms with E-state index in [9.17, 15) is 9.59 Å². The summed E-state index contributed by atoms with van der Waals surface area (Å²) < 4.78 is 5.11. The second-order valence-corrected chi connectivity index (χ2v) is 5.94. The van der Waals surface area contributed by atoms with Crippen LogP contribution in [0.5, 0.6) is 0 Å². The Labute approximate surface area is 139 Å². The van der Waals surface area contributed by atoms with Crippen molar-refractivity contribution in [1.29, 1.82) is 0 Å². The lowest BCUT2D eigenvalue weighted by Gasteiger charge is -2.34. The van der Waals surface area contributed by atoms with Crippen LogP contribution in [0.4, 0.5) is 0 Å². The number of hydrogen-bond acceptors (Lipinski definition) is 6. The molecule has 0 aromatic carbocycles. The highest BCUT2D eigenvalue weighted by molar-refractivity contribution is 5.94. The molecule has 0 radical (unpaired) electrons. The molecule has 0 unspecified atom stereocenters. The van der Waals surface area contributed by atoms with Crippen LogP contribution in [0.1, 0.15) is 34.7 Å². The fourth-order valence-corrected chi connectivity index (χ4v) is 2.80. The zero-order chi connectivity index (χ0) is 17.1. The number of aromatic amines is 1. The molecule has 3 heterocycles. The summed E-state index contributed by atoms with van der Waals surface area (Å²) >= 11 is 0. The van der Waals surface area contributed by atoms with Crippen molar-refractivity contribution in [2.24, 2.45) is 0 Å². The largest absolute Gasteiger partial charge is 0.339 e. The number of pyridine rings is 1. The molecule has 0 spiro atoms. The molecule has 1 aliphatic rings. The maximum absolute atomic E-state index is 12.5. The third kappa shape index (κ3) is 3.70. The highest BCUT2D eigenvalue weighted by atomic mass is 16.5. The van der Waals surface area contributed by atoms with Gasteiger partial charge in [-0.05, 0) is 13.0 Å². The fraction of sp³-hybridized carbons (Fsp3) is 0.500. The maximum atomic E-state index is 12.5. The van der Waals surface area contributed by atoms with E-state index in [1.54, 1.807) is 17.9 Å². The van der Waals surface area contributed by atoms with Crippen molar-refractivity contribution in [3.05, 3.63) is 45.5 Å². The first-order valence-corrected chi connectivity index (χ1v) is 8.09. The van der Waals surface area contributed by atoms with Gasteiger partial charge in [0.1, 0.15) is 0 Å². The van der Waals surface area contributed by atoms with Crippen molar-refractivity contribution in [3.8, 4) is 0 Å². The second kappa shape index (κ2) is 6.96. The smallest absolute Gasteiger partial charge is 0.254 e. The molecule has 1 saturated heterocycles. The zero-order valence-corrected chi connectivity index (χ0v) is 13.9. The Bertz CT molecular complexity index is 774. The Hall–Kier alpha value is -2.48. The van der Waals surface area contributed by atoms with Gasteiger partial charge in [-0.3, -0.25) is 14.5 Å². The van der Waals surface area contributed by atoms with E-state index in [-0.39, 0.29) is 11.5 Å². The van der Waals surface area contributed by atoms with Gasteiger partial charge in [0.2, 0.25) is 11.4 Å². The number of rotatable bonds is 4. The molecule has 2 aromatic rings. The lowest BCUT2D eigenvalue weighted by molar-refractivity contribution is 0.0624. The monoisotopic (exact) mass is 331 g/mol. The third-order valence-electron chi connectivity index (χ3n) is 4.06. The summed E-state index contributed by atoms with van der Waals surface area (Å²) in [5.74, 6) is 1.22. The van der Waals surface area contributed by atoms with E-state index < -0.39 is 0 Å². The Morgan fingerprint density at radius 1 is 1.29 bits per heavy atom. The fourth-order valence-electron chi connectivity index (χ4n) is 2.80. The van der Waals surface area contributed by atoms with Gasteiger partial charge in [0.05, 0.1) is 6.54 Å². The highest BCUT2D eigenvalue weighted by Gasteiger charge is 2.23. The van der Waals surface area contributed by atoms with Gasteiger partial charge in [0, 0.05) is 49.9 Å². The minimum atomic E-state index is -0.249. The molecule has 8 heteroatoms. The van der Waals surface area contributed by atoms with Gasteiger partial charge < -0.3 is 14.4 Å². The van der Waals surface area contributed by atoms with Gasteiger partial charge in [0.25, 0.3) is 5.91 Å². The molecule has 2 aromatic heterocycles. The van der Waals surface area contributed by atoms with Crippen LogP contribution >= 0.6 is 0 Å². The Kier molecular flexibility index (Phi) is 4.75. The van der Waals surface area contributed by atoms with Gasteiger partial charge in [-0.1, -0.05) is 12.1 Å². The lowest BCUT2D eigenvalue weighted by Crippen LogP contribution is -2.48. The number of nitrogens with one attached hydrogen (secondary N) is 1. The number of amides is 1. The summed E-state index contributed by atoms with van der Waals surface area (Å²) in [6, 6.07) is 3.06. The number of carbonyl (C=O) groups excluding carboxylic acids is 1. The van der Waals surface area contributed by atoms with E-state index in [0.29, 0.717) is 42.6 Å². The SMILES string of the molecule is CCc1nc(CN2CCN(C(=O)c3cc(C)[nH]c(=O)c3)CC2)no1. The van der Waals surface area contributed by atoms with Crippen molar-refractivity contribution in [2.75, 3.05) is 26.2 Å². The van der Waals surface area contributed by atoms with E-state index in [0.717, 1.165) is 19.5 Å². The topological polar surface area (TPSA) is 95.3 Å². The van der Waals surface area contributed by atoms with Crippen LogP contribution in [0, 0.1) is 6.92 Å². The molecule has 1 amide bonds. The van der Waals surface area contributed by atoms with E-state index in [2.05, 4.69) is 20.0 Å². The molecule has 0 aliphatic carbocycles. The summed E-state index contributed by atoms with van der Waals surface area (Å²) in [7, 11) is 0. The van der Waals surface area contributed by atoms with Gasteiger partial charge in [-0.15, -0.1) is 0 Å². The first-order valence-electron chi connectivity index (χ1n) is 8.09. The van der Waals surface area contributed by atoms with Crippen molar-refractivity contribution < 1.29 is 9.32 Å². The lowest BCUT2D eigenvalue weighted by atomic mass is 10.2. The van der Waals surface area contributed by atoms with Gasteiger partial charge in [0.15, 0.2) is 5.82 Å². The average Bonchev–Trinajstić information content (AvgIpc) is 3.01. The molecule has 128 valence electrons. The summed E-state index contributed by atoms with van der Waals surface area (Å²) in [6.45, 7) is 7.07. The molecular formula is C16H21N5O3. The Balaban J connectivity index is 1.58. The quantitative estimate of drug-likeness (QED) is 0.881. The second-order valence-electron chi connectivity index (χ2n) is 5.94. The minimum absolute atomic E-state index is 0.100. The van der Waals surface area contributed by atoms with Gasteiger partial charge in [-0.2, -0.15) is 4.98 Å². The van der Waals surface area contributed by atoms with Crippen molar-refractivity contribution >= 4 is 5.91 Å². The van der Waals surface area contributed by atoms with Crippen molar-refractivity contribution in [3.63, 3.8) is 0 Å². The summed E-state index contributed by atoms with van der Waals surface area (Å²) in [6.07, 6.45) is 0.727. The van der Waals surface area contributed by atoms with E-state index >= 15 is 0 Å². The number of hydrogen-bond donors (Lipinski definition) is 1. The van der Waals surface area contributed by atoms with Crippen LogP contribution in [0.2, 0.25) is 0 Å². The first kappa shape index (κ1) is 16.4. The standard InChI is InChI=1S/C16H21N5O3/c1-3-15-18-13(19-24-15)10-20-4-6-21(7-5-20)16(23)12-8-11(2)17-14(22)9-12/h8-9H,3-7,10H2,1-2H3,(H,17,22). The first-order chi connectivity index (χ1) is 11.5. The van der Waals surface area contributed by atoms with E-state index in [1.807, 2.05) is 6.92 Å². The number of nitrogens with zero attached hydrogens (tertiary/aromatic N) is 4. The Morgan fingerprint density at radius 3 is 2.67 bits per heavy atom. The molecule has 1 N–H and O–H groups in total. The molecular weight excluding hydrogens is 310 g/mol. The Morgan fingerprint density at radius 2 is 2.04 bits per heavy atom. The van der Waals surface area contributed by atoms with E-state index in [4.69, 9.17) is 4.52 Å². The van der Waals surface area contributed by atoms with Crippen LogP contribution in [0.3, 0.4) is 0 Å². The normalized spacial score (nSPS) is 15.7. The molecule has 8 nitrogen and oxygen atoms in total. The van der Waals surface area contributed by atoms with Crippen LogP contribution < -0.4 is 5.56 Å². The number of aromatic nitrogens is 3. The van der Waals surface area contributed by atoms with Crippen LogP contribution in [-0.2, 0) is 13.0 Å². The minimum Gasteiger partial charge on any atom is -0.339 e. The van der Waals surface area contributed by atoms with Crippen LogP contribution in [-0.4, -0.2) is 57.0 Å². The van der Waals surface area contributed by atoms with E-state index in [1.165, 1.54) is 6.07 Å². The molecule has 0 bridgehead atoms. The highest BCUT2D eigenvalue weighted by Crippen LogP contribution is 2.10. The third-order valence-corrected chi connectivity index (χ3v) is 4.06. The van der Waals surface area contributed by atoms with Gasteiger partial charge >= 0.3 is 0 Å². The number of carbonyl (C=O) groups is 1. The van der Waals surface area contributed by atoms with Crippen molar-refractivity contribution in [2.45, 2.75) is 26.8 Å². The number of aryl methyl sites for hydroxylation is 2. The molecule has 1 fully saturated rings. The predicted octanol–water partition coefficient (Wildman–Crippen LogP) is 0.587. The summed E-state index contributed by atoms with van der Waals surface area (Å²) in [5, 5.41) is 3.96. The average molecular weight is 331 g/mol. The molecule has 1 aliphatic heterocycles. The number of piperazine rings is 1. The van der Waals surface area contributed by atoms with Crippen molar-refractivity contribution in [1.82, 2.24) is 24.9 Å². The van der Waals surface area contributed by atoms with Crippen LogP contribution in [0.15, 0.2) is 21.5 Å². The zero-order valence-electron chi connectivity index (χ0n) is 13.9. The number of H-pyrrole nitrogens is 1.